The van der Waals surface area contributed by atoms with E-state index < -0.39 is 0 Å². The minimum Gasteiger partial charge on any atom is -0.495 e. The molecule has 0 aromatic heterocycles. The largest absolute Gasteiger partial charge is 0.495 e. The number of methoxy groups -OCH3 is 1. The topological polar surface area (TPSA) is 32.8 Å². The molecule has 1 heterocycles. The Hall–Kier alpha value is -1.85. The molecule has 26 heavy (non-hydrogen) atoms. The van der Waals surface area contributed by atoms with Gasteiger partial charge in [0, 0.05) is 36.1 Å². The van der Waals surface area contributed by atoms with Gasteiger partial charge in [-0.15, -0.1) is 11.8 Å². The van der Waals surface area contributed by atoms with E-state index in [1.807, 2.05) is 54.3 Å². The van der Waals surface area contributed by atoms with Crippen LogP contribution in [0.25, 0.3) is 0 Å². The summed E-state index contributed by atoms with van der Waals surface area (Å²) < 4.78 is 5.45. The van der Waals surface area contributed by atoms with E-state index in [0.717, 1.165) is 42.5 Å². The molecule has 0 bridgehead atoms. The summed E-state index contributed by atoms with van der Waals surface area (Å²) in [5.74, 6) is 1.06. The van der Waals surface area contributed by atoms with Gasteiger partial charge in [-0.2, -0.15) is 0 Å². The van der Waals surface area contributed by atoms with Crippen LogP contribution >= 0.6 is 23.4 Å². The van der Waals surface area contributed by atoms with Crippen LogP contribution in [0.3, 0.4) is 0 Å². The third kappa shape index (κ3) is 4.46. The zero-order valence-corrected chi connectivity index (χ0v) is 16.6. The Balaban J connectivity index is 1.57. The first-order chi connectivity index (χ1) is 12.6. The van der Waals surface area contributed by atoms with Crippen LogP contribution in [-0.4, -0.2) is 49.3 Å². The van der Waals surface area contributed by atoms with Gasteiger partial charge in [-0.3, -0.25) is 4.79 Å². The number of hydrogen-bond donors (Lipinski definition) is 0. The second-order valence-corrected chi connectivity index (χ2v) is 8.05. The Morgan fingerprint density at radius 3 is 2.38 bits per heavy atom. The highest BCUT2D eigenvalue weighted by Gasteiger charge is 2.26. The number of anilines is 1. The normalized spacial score (nSPS) is 15.7. The van der Waals surface area contributed by atoms with E-state index in [1.165, 1.54) is 0 Å². The van der Waals surface area contributed by atoms with E-state index >= 15 is 0 Å². The maximum atomic E-state index is 12.8. The van der Waals surface area contributed by atoms with E-state index in [9.17, 15) is 4.79 Å². The van der Waals surface area contributed by atoms with Crippen molar-refractivity contribution < 1.29 is 9.53 Å². The summed E-state index contributed by atoms with van der Waals surface area (Å²) in [5.41, 5.74) is 1.09. The van der Waals surface area contributed by atoms with Crippen LogP contribution in [0, 0.1) is 0 Å². The highest BCUT2D eigenvalue weighted by molar-refractivity contribution is 8.00. The number of amides is 1. The predicted molar refractivity (Wildman–Crippen MR) is 109 cm³/mol. The molecule has 1 aliphatic rings. The van der Waals surface area contributed by atoms with Gasteiger partial charge in [-0.05, 0) is 43.3 Å². The number of para-hydroxylation sites is 2. The second kappa shape index (κ2) is 8.69. The molecule has 4 nitrogen and oxygen atoms in total. The third-order valence-corrected chi connectivity index (χ3v) is 5.84. The molecule has 1 unspecified atom stereocenters. The second-order valence-electron chi connectivity index (χ2n) is 6.20. The van der Waals surface area contributed by atoms with Gasteiger partial charge < -0.3 is 14.5 Å². The first-order valence-corrected chi connectivity index (χ1v) is 9.93. The lowest BCUT2D eigenvalue weighted by Gasteiger charge is -2.37. The maximum Gasteiger partial charge on any atom is 0.235 e. The first kappa shape index (κ1) is 18.9. The molecule has 0 aliphatic carbocycles. The number of piperazine rings is 1. The first-order valence-electron chi connectivity index (χ1n) is 8.67. The van der Waals surface area contributed by atoms with Crippen LogP contribution in [-0.2, 0) is 4.79 Å². The SMILES string of the molecule is COc1ccccc1N1CCN(C(=O)C(C)Sc2ccc(Cl)cc2)CC1. The Kier molecular flexibility index (Phi) is 6.33. The molecule has 1 fully saturated rings. The molecule has 1 amide bonds. The minimum absolute atomic E-state index is 0.117. The number of benzene rings is 2. The fourth-order valence-electron chi connectivity index (χ4n) is 3.08. The average Bonchev–Trinajstić information content (AvgIpc) is 2.69. The van der Waals surface area contributed by atoms with Gasteiger partial charge in [0.25, 0.3) is 0 Å². The molecule has 2 aromatic carbocycles. The van der Waals surface area contributed by atoms with Crippen LogP contribution in [0.1, 0.15) is 6.92 Å². The van der Waals surface area contributed by atoms with Crippen molar-refractivity contribution in [1.29, 1.82) is 0 Å². The number of carbonyl (C=O) groups excluding carboxylic acids is 1. The van der Waals surface area contributed by atoms with Gasteiger partial charge in [-0.25, -0.2) is 0 Å². The van der Waals surface area contributed by atoms with E-state index in [-0.39, 0.29) is 11.2 Å². The van der Waals surface area contributed by atoms with E-state index in [0.29, 0.717) is 5.02 Å². The lowest BCUT2D eigenvalue weighted by atomic mass is 10.2. The lowest BCUT2D eigenvalue weighted by molar-refractivity contribution is -0.130. The fourth-order valence-corrected chi connectivity index (χ4v) is 4.16. The number of rotatable bonds is 5. The zero-order valence-electron chi connectivity index (χ0n) is 15.0. The van der Waals surface area contributed by atoms with Crippen molar-refractivity contribution in [1.82, 2.24) is 4.90 Å². The Morgan fingerprint density at radius 2 is 1.73 bits per heavy atom. The number of nitrogens with zero attached hydrogens (tertiary/aromatic N) is 2. The Labute approximate surface area is 164 Å². The monoisotopic (exact) mass is 390 g/mol. The molecule has 0 spiro atoms. The van der Waals surface area contributed by atoms with Crippen LogP contribution in [0.2, 0.25) is 5.02 Å². The fraction of sp³-hybridized carbons (Fsp3) is 0.350. The predicted octanol–water partition coefficient (Wildman–Crippen LogP) is 4.18. The van der Waals surface area contributed by atoms with Crippen LogP contribution in [0.5, 0.6) is 5.75 Å². The highest BCUT2D eigenvalue weighted by atomic mass is 35.5. The molecule has 138 valence electrons. The summed E-state index contributed by atoms with van der Waals surface area (Å²) in [7, 11) is 1.69. The van der Waals surface area contributed by atoms with Crippen molar-refractivity contribution in [3.8, 4) is 5.75 Å². The van der Waals surface area contributed by atoms with Crippen molar-refractivity contribution in [3.63, 3.8) is 0 Å². The molecule has 2 aromatic rings. The standard InChI is InChI=1S/C20H23ClN2O2S/c1-15(26-17-9-7-16(21)8-10-17)20(24)23-13-11-22(12-14-23)18-5-3-4-6-19(18)25-2/h3-10,15H,11-14H2,1-2H3. The number of thioether (sulfide) groups is 1. The Morgan fingerprint density at radius 1 is 1.08 bits per heavy atom. The Bertz CT molecular complexity index is 746. The van der Waals surface area contributed by atoms with Crippen LogP contribution < -0.4 is 9.64 Å². The lowest BCUT2D eigenvalue weighted by Crippen LogP contribution is -2.50. The van der Waals surface area contributed by atoms with E-state index in [2.05, 4.69) is 11.0 Å². The third-order valence-electron chi connectivity index (χ3n) is 4.49. The molecule has 1 aliphatic heterocycles. The summed E-state index contributed by atoms with van der Waals surface area (Å²) in [6, 6.07) is 15.6. The zero-order chi connectivity index (χ0) is 18.5. The van der Waals surface area contributed by atoms with Crippen LogP contribution in [0.4, 0.5) is 5.69 Å². The number of ether oxygens (including phenoxy) is 1. The van der Waals surface area contributed by atoms with Crippen molar-refractivity contribution in [2.75, 3.05) is 38.2 Å². The molecule has 6 heteroatoms. The van der Waals surface area contributed by atoms with Gasteiger partial charge in [0.2, 0.25) is 5.91 Å². The van der Waals surface area contributed by atoms with Crippen LogP contribution in [0.15, 0.2) is 53.4 Å². The van der Waals surface area contributed by atoms with Crippen molar-refractivity contribution in [2.45, 2.75) is 17.1 Å². The van der Waals surface area contributed by atoms with Crippen molar-refractivity contribution >= 4 is 35.0 Å². The van der Waals surface area contributed by atoms with Gasteiger partial charge in [0.1, 0.15) is 5.75 Å². The minimum atomic E-state index is -0.117. The number of carbonyl (C=O) groups is 1. The summed E-state index contributed by atoms with van der Waals surface area (Å²) in [6.07, 6.45) is 0. The summed E-state index contributed by atoms with van der Waals surface area (Å²) in [4.78, 5) is 18.1. The van der Waals surface area contributed by atoms with E-state index in [4.69, 9.17) is 16.3 Å². The molecule has 0 radical (unpaired) electrons. The maximum absolute atomic E-state index is 12.8. The number of hydrogen-bond acceptors (Lipinski definition) is 4. The van der Waals surface area contributed by atoms with Gasteiger partial charge in [0.15, 0.2) is 0 Å². The van der Waals surface area contributed by atoms with Gasteiger partial charge in [0.05, 0.1) is 18.0 Å². The quantitative estimate of drug-likeness (QED) is 0.717. The summed E-state index contributed by atoms with van der Waals surface area (Å²) >= 11 is 7.49. The average molecular weight is 391 g/mol. The molecule has 0 saturated carbocycles. The molecule has 1 saturated heterocycles. The summed E-state index contributed by atoms with van der Waals surface area (Å²) in [6.45, 7) is 5.04. The van der Waals surface area contributed by atoms with Crippen molar-refractivity contribution in [2.24, 2.45) is 0 Å². The number of halogens is 1. The smallest absolute Gasteiger partial charge is 0.235 e. The van der Waals surface area contributed by atoms with Crippen molar-refractivity contribution in [3.05, 3.63) is 53.6 Å². The highest BCUT2D eigenvalue weighted by Crippen LogP contribution is 2.29. The molecule has 0 N–H and O–H groups in total. The molecule has 1 atom stereocenters. The van der Waals surface area contributed by atoms with Gasteiger partial charge in [-0.1, -0.05) is 23.7 Å². The molecule has 3 rings (SSSR count). The molecular weight excluding hydrogens is 368 g/mol. The molecular formula is C20H23ClN2O2S. The summed E-state index contributed by atoms with van der Waals surface area (Å²) in [5, 5.41) is 0.592. The van der Waals surface area contributed by atoms with E-state index in [1.54, 1.807) is 18.9 Å². The van der Waals surface area contributed by atoms with Gasteiger partial charge >= 0.3 is 0 Å².